The van der Waals surface area contributed by atoms with Crippen LogP contribution in [-0.4, -0.2) is 31.2 Å². The molecule has 8 heteroatoms. The van der Waals surface area contributed by atoms with Crippen molar-refractivity contribution >= 4 is 22.9 Å². The van der Waals surface area contributed by atoms with E-state index in [1.807, 2.05) is 24.3 Å². The third-order valence-corrected chi connectivity index (χ3v) is 4.28. The lowest BCUT2D eigenvalue weighted by Gasteiger charge is -2.07. The van der Waals surface area contributed by atoms with Crippen LogP contribution in [0, 0.1) is 17.0 Å². The number of carbonyl (C=O) groups excluding carboxylic acids is 1. The van der Waals surface area contributed by atoms with E-state index in [0.29, 0.717) is 29.5 Å². The molecule has 1 N–H and O–H groups in total. The zero-order valence-electron chi connectivity index (χ0n) is 13.4. The highest BCUT2D eigenvalue weighted by molar-refractivity contribution is 7.14. The maximum absolute atomic E-state index is 12.1. The largest absolute Gasteiger partial charge is 0.491 e. The molecule has 0 atom stereocenters. The van der Waals surface area contributed by atoms with E-state index < -0.39 is 4.92 Å². The standard InChI is InChI=1S/C16H18N2O5S/c1-11-14(18(20)21)9-15(24-11)16(19)17-10-12-3-5-13(6-4-12)23-8-7-22-2/h3-6,9H,7-8,10H2,1-2H3,(H,17,19). The van der Waals surface area contributed by atoms with Gasteiger partial charge in [0.05, 0.1) is 21.3 Å². The van der Waals surface area contributed by atoms with Gasteiger partial charge in [-0.1, -0.05) is 12.1 Å². The number of amides is 1. The monoisotopic (exact) mass is 350 g/mol. The molecular weight excluding hydrogens is 332 g/mol. The fraction of sp³-hybridized carbons (Fsp3) is 0.312. The minimum Gasteiger partial charge on any atom is -0.491 e. The Balaban J connectivity index is 1.89. The Hall–Kier alpha value is -2.45. The number of rotatable bonds is 8. The molecule has 0 spiro atoms. The van der Waals surface area contributed by atoms with E-state index in [-0.39, 0.29) is 11.6 Å². The predicted molar refractivity (Wildman–Crippen MR) is 90.7 cm³/mol. The van der Waals surface area contributed by atoms with E-state index in [1.54, 1.807) is 14.0 Å². The van der Waals surface area contributed by atoms with Crippen LogP contribution >= 0.6 is 11.3 Å². The van der Waals surface area contributed by atoms with E-state index in [1.165, 1.54) is 6.07 Å². The van der Waals surface area contributed by atoms with Crippen LogP contribution in [0.5, 0.6) is 5.75 Å². The summed E-state index contributed by atoms with van der Waals surface area (Å²) in [6, 6.07) is 8.64. The number of thiophene rings is 1. The third-order valence-electron chi connectivity index (χ3n) is 3.24. The zero-order chi connectivity index (χ0) is 17.5. The second-order valence-corrected chi connectivity index (χ2v) is 6.23. The van der Waals surface area contributed by atoms with Gasteiger partial charge in [0, 0.05) is 19.7 Å². The molecule has 128 valence electrons. The van der Waals surface area contributed by atoms with Crippen LogP contribution < -0.4 is 10.1 Å². The van der Waals surface area contributed by atoms with Gasteiger partial charge in [-0.15, -0.1) is 11.3 Å². The van der Waals surface area contributed by atoms with Gasteiger partial charge < -0.3 is 14.8 Å². The number of benzene rings is 1. The second-order valence-electron chi connectivity index (χ2n) is 4.98. The van der Waals surface area contributed by atoms with E-state index >= 15 is 0 Å². The first-order valence-corrected chi connectivity index (χ1v) is 8.06. The van der Waals surface area contributed by atoms with Gasteiger partial charge in [-0.3, -0.25) is 14.9 Å². The predicted octanol–water partition coefficient (Wildman–Crippen LogP) is 2.92. The quantitative estimate of drug-likeness (QED) is 0.449. The minimum absolute atomic E-state index is 0.0253. The average molecular weight is 350 g/mol. The van der Waals surface area contributed by atoms with Crippen LogP contribution in [0.4, 0.5) is 5.69 Å². The smallest absolute Gasteiger partial charge is 0.283 e. The Kier molecular flexibility index (Phi) is 6.28. The van der Waals surface area contributed by atoms with Crippen LogP contribution in [0.15, 0.2) is 30.3 Å². The summed E-state index contributed by atoms with van der Waals surface area (Å²) >= 11 is 1.11. The molecule has 1 amide bonds. The number of carbonyl (C=O) groups is 1. The second kappa shape index (κ2) is 8.42. The summed E-state index contributed by atoms with van der Waals surface area (Å²) in [6.45, 7) is 2.96. The highest BCUT2D eigenvalue weighted by Gasteiger charge is 2.19. The van der Waals surface area contributed by atoms with E-state index in [9.17, 15) is 14.9 Å². The fourth-order valence-electron chi connectivity index (χ4n) is 1.98. The van der Waals surface area contributed by atoms with Crippen molar-refractivity contribution < 1.29 is 19.2 Å². The molecule has 0 unspecified atom stereocenters. The Labute approximate surface area is 143 Å². The van der Waals surface area contributed by atoms with Crippen molar-refractivity contribution in [1.29, 1.82) is 0 Å². The number of nitrogens with zero attached hydrogens (tertiary/aromatic N) is 1. The lowest BCUT2D eigenvalue weighted by molar-refractivity contribution is -0.385. The molecule has 1 aromatic heterocycles. The number of aryl methyl sites for hydroxylation is 1. The molecule has 0 saturated heterocycles. The molecule has 0 bridgehead atoms. The molecule has 0 aliphatic rings. The van der Waals surface area contributed by atoms with Gasteiger partial charge in [-0.2, -0.15) is 0 Å². The highest BCUT2D eigenvalue weighted by Crippen LogP contribution is 2.27. The Morgan fingerprint density at radius 1 is 1.29 bits per heavy atom. The first-order valence-electron chi connectivity index (χ1n) is 7.25. The Bertz CT molecular complexity index is 712. The van der Waals surface area contributed by atoms with Crippen LogP contribution in [-0.2, 0) is 11.3 Å². The topological polar surface area (TPSA) is 90.7 Å². The van der Waals surface area contributed by atoms with E-state index in [0.717, 1.165) is 22.6 Å². The molecule has 0 radical (unpaired) electrons. The molecule has 0 fully saturated rings. The van der Waals surface area contributed by atoms with Crippen molar-refractivity contribution in [2.75, 3.05) is 20.3 Å². The number of ether oxygens (including phenoxy) is 2. The van der Waals surface area contributed by atoms with Gasteiger partial charge in [0.2, 0.25) is 0 Å². The Morgan fingerprint density at radius 2 is 2.00 bits per heavy atom. The third kappa shape index (κ3) is 4.77. The summed E-state index contributed by atoms with van der Waals surface area (Å²) < 4.78 is 10.4. The summed E-state index contributed by atoms with van der Waals surface area (Å²) in [5, 5.41) is 13.6. The number of nitrogens with one attached hydrogen (secondary N) is 1. The number of hydrogen-bond acceptors (Lipinski definition) is 6. The highest BCUT2D eigenvalue weighted by atomic mass is 32.1. The summed E-state index contributed by atoms with van der Waals surface area (Å²) in [4.78, 5) is 23.3. The van der Waals surface area contributed by atoms with Crippen LogP contribution in [0.25, 0.3) is 0 Å². The van der Waals surface area contributed by atoms with Crippen LogP contribution in [0.1, 0.15) is 20.1 Å². The molecule has 24 heavy (non-hydrogen) atoms. The molecule has 2 aromatic rings. The number of nitro groups is 1. The summed E-state index contributed by atoms with van der Waals surface area (Å²) in [5.74, 6) is 0.406. The van der Waals surface area contributed by atoms with Crippen molar-refractivity contribution in [1.82, 2.24) is 5.32 Å². The molecule has 0 saturated carbocycles. The van der Waals surface area contributed by atoms with Crippen molar-refractivity contribution in [3.63, 3.8) is 0 Å². The van der Waals surface area contributed by atoms with E-state index in [4.69, 9.17) is 9.47 Å². The molecule has 7 nitrogen and oxygen atoms in total. The van der Waals surface area contributed by atoms with Crippen molar-refractivity contribution in [3.8, 4) is 5.75 Å². The van der Waals surface area contributed by atoms with Crippen LogP contribution in [0.2, 0.25) is 0 Å². The summed E-state index contributed by atoms with van der Waals surface area (Å²) in [6.07, 6.45) is 0. The lowest BCUT2D eigenvalue weighted by atomic mass is 10.2. The van der Waals surface area contributed by atoms with Gasteiger partial charge >= 0.3 is 0 Å². The summed E-state index contributed by atoms with van der Waals surface area (Å²) in [7, 11) is 1.61. The molecule has 1 heterocycles. The maximum atomic E-state index is 12.1. The molecule has 0 aliphatic heterocycles. The summed E-state index contributed by atoms with van der Waals surface area (Å²) in [5.41, 5.74) is 0.882. The van der Waals surface area contributed by atoms with Gasteiger partial charge in [-0.25, -0.2) is 0 Å². The Morgan fingerprint density at radius 3 is 2.58 bits per heavy atom. The van der Waals surface area contributed by atoms with Gasteiger partial charge in [0.1, 0.15) is 12.4 Å². The SMILES string of the molecule is COCCOc1ccc(CNC(=O)c2cc([N+](=O)[O-])c(C)s2)cc1. The first kappa shape index (κ1) is 17.9. The molecule has 0 aliphatic carbocycles. The van der Waals surface area contributed by atoms with E-state index in [2.05, 4.69) is 5.32 Å². The number of hydrogen-bond donors (Lipinski definition) is 1. The zero-order valence-corrected chi connectivity index (χ0v) is 14.2. The average Bonchev–Trinajstić information content (AvgIpc) is 2.96. The number of methoxy groups -OCH3 is 1. The molecule has 1 aromatic carbocycles. The maximum Gasteiger partial charge on any atom is 0.283 e. The minimum atomic E-state index is -0.481. The normalized spacial score (nSPS) is 10.4. The van der Waals surface area contributed by atoms with Crippen molar-refractivity contribution in [3.05, 3.63) is 55.8 Å². The lowest BCUT2D eigenvalue weighted by Crippen LogP contribution is -2.21. The van der Waals surface area contributed by atoms with Crippen molar-refractivity contribution in [2.24, 2.45) is 0 Å². The van der Waals surface area contributed by atoms with Gasteiger partial charge in [0.25, 0.3) is 11.6 Å². The molecule has 2 rings (SSSR count). The fourth-order valence-corrected chi connectivity index (χ4v) is 2.88. The first-order chi connectivity index (χ1) is 11.5. The van der Waals surface area contributed by atoms with Crippen LogP contribution in [0.3, 0.4) is 0 Å². The van der Waals surface area contributed by atoms with Crippen molar-refractivity contribution in [2.45, 2.75) is 13.5 Å². The van der Waals surface area contributed by atoms with Gasteiger partial charge in [0.15, 0.2) is 0 Å². The van der Waals surface area contributed by atoms with Gasteiger partial charge in [-0.05, 0) is 24.6 Å². The molecular formula is C16H18N2O5S.